The Balaban J connectivity index is -0.0000000267. The van der Waals surface area contributed by atoms with E-state index in [9.17, 15) is 8.42 Å². The molecule has 0 N–H and O–H groups in total. The van der Waals surface area contributed by atoms with Crippen LogP contribution in [-0.4, -0.2) is 14.7 Å². The zero-order valence-electron chi connectivity index (χ0n) is 3.83. The molecule has 0 rings (SSSR count). The highest BCUT2D eigenvalue weighted by Crippen LogP contribution is 1.83. The molecule has 0 spiro atoms. The van der Waals surface area contributed by atoms with Crippen molar-refractivity contribution in [1.29, 1.82) is 0 Å². The fraction of sp³-hybridized carbons (Fsp3) is 1.00. The average Bonchev–Trinajstić information content (AvgIpc) is 0.722. The van der Waals surface area contributed by atoms with E-state index in [1.165, 1.54) is 0 Å². The molecule has 0 aliphatic heterocycles. The van der Waals surface area contributed by atoms with Crippen molar-refractivity contribution >= 4 is 19.7 Å². The Kier molecular flexibility index (Phi) is 21.5. The van der Waals surface area contributed by atoms with E-state index in [0.29, 0.717) is 0 Å². The fourth-order valence-corrected chi connectivity index (χ4v) is 0. The van der Waals surface area contributed by atoms with Crippen molar-refractivity contribution in [2.45, 2.75) is 0 Å². The van der Waals surface area contributed by atoms with Gasteiger partial charge in [0, 0.05) is 10.7 Å². The third kappa shape index (κ3) is 170000. The molecule has 2 nitrogen and oxygen atoms in total. The summed E-state index contributed by atoms with van der Waals surface area (Å²) in [6.07, 6.45) is 0.925. The Morgan fingerprint density at radius 2 is 1.12 bits per heavy atom. The second-order valence-electron chi connectivity index (χ2n) is 0.682. The second-order valence-corrected chi connectivity index (χ2v) is 3.73. The monoisotopic (exact) mass is 174 g/mol. The standard InChI is InChI=1S/CH3ClO2S.3FH/c1-5(2,3)4;;;/h1H3;3*1H. The Bertz CT molecular complexity index is 100. The van der Waals surface area contributed by atoms with Crippen LogP contribution in [-0.2, 0) is 9.05 Å². The summed E-state index contributed by atoms with van der Waals surface area (Å²) in [4.78, 5) is 0. The third-order valence-corrected chi connectivity index (χ3v) is 0. The smallest absolute Gasteiger partial charge is 0.229 e. The summed E-state index contributed by atoms with van der Waals surface area (Å²) >= 11 is 0. The molecule has 0 aromatic rings. The summed E-state index contributed by atoms with van der Waals surface area (Å²) in [5.41, 5.74) is 0. The van der Waals surface area contributed by atoms with Gasteiger partial charge in [-0.3, -0.25) is 14.1 Å². The van der Waals surface area contributed by atoms with Crippen molar-refractivity contribution in [2.75, 3.05) is 6.26 Å². The van der Waals surface area contributed by atoms with Gasteiger partial charge < -0.3 is 0 Å². The van der Waals surface area contributed by atoms with Gasteiger partial charge in [0.2, 0.25) is 9.05 Å². The van der Waals surface area contributed by atoms with Gasteiger partial charge >= 0.3 is 0 Å². The molecule has 0 aromatic heterocycles. The normalized spacial score (nSPS) is 7.25. The number of hydrogen-bond acceptors (Lipinski definition) is 2. The quantitative estimate of drug-likeness (QED) is 0.505. The highest BCUT2D eigenvalue weighted by Gasteiger charge is 1.83. The lowest BCUT2D eigenvalue weighted by atomic mass is 12.0. The van der Waals surface area contributed by atoms with Crippen molar-refractivity contribution in [3.05, 3.63) is 0 Å². The van der Waals surface area contributed by atoms with E-state index in [0.717, 1.165) is 6.26 Å². The van der Waals surface area contributed by atoms with E-state index in [2.05, 4.69) is 10.7 Å². The van der Waals surface area contributed by atoms with E-state index >= 15 is 0 Å². The van der Waals surface area contributed by atoms with Gasteiger partial charge in [-0.15, -0.1) is 0 Å². The molecule has 0 atom stereocenters. The molecule has 0 saturated heterocycles. The zero-order valence-corrected chi connectivity index (χ0v) is 5.40. The maximum absolute atomic E-state index is 9.40. The first-order chi connectivity index (χ1) is 2.00. The lowest BCUT2D eigenvalue weighted by molar-refractivity contribution is 0.615. The Morgan fingerprint density at radius 3 is 1.12 bits per heavy atom. The predicted molar refractivity (Wildman–Crippen MR) is 28.2 cm³/mol. The summed E-state index contributed by atoms with van der Waals surface area (Å²) < 4.78 is 18.8. The molecule has 0 aliphatic carbocycles. The van der Waals surface area contributed by atoms with Crippen LogP contribution in [0.4, 0.5) is 14.1 Å². The molecule has 0 fully saturated rings. The van der Waals surface area contributed by atoms with Crippen LogP contribution in [0, 0.1) is 0 Å². The van der Waals surface area contributed by atoms with Gasteiger partial charge in [0.25, 0.3) is 0 Å². The van der Waals surface area contributed by atoms with Gasteiger partial charge in [-0.2, -0.15) is 0 Å². The molecule has 0 aliphatic rings. The first kappa shape index (κ1) is 24.4. The SMILES string of the molecule is CS(=O)(=O)Cl.F.F.F. The zero-order chi connectivity index (χ0) is 4.50. The molecular formula is CH6ClF3O2S. The molecule has 7 heteroatoms. The molecule has 8 heavy (non-hydrogen) atoms. The predicted octanol–water partition coefficient (Wildman–Crippen LogP) is 0.642. The van der Waals surface area contributed by atoms with Gasteiger partial charge in [-0.05, 0) is 0 Å². The summed E-state index contributed by atoms with van der Waals surface area (Å²) in [5.74, 6) is 0. The van der Waals surface area contributed by atoms with Crippen LogP contribution in [0.1, 0.15) is 0 Å². The van der Waals surface area contributed by atoms with Crippen molar-refractivity contribution in [3.63, 3.8) is 0 Å². The molecular weight excluding hydrogens is 169 g/mol. The maximum atomic E-state index is 9.40. The van der Waals surface area contributed by atoms with Crippen molar-refractivity contribution in [2.24, 2.45) is 0 Å². The van der Waals surface area contributed by atoms with Crippen LogP contribution in [0.15, 0.2) is 0 Å². The molecule has 56 valence electrons. The van der Waals surface area contributed by atoms with Crippen LogP contribution in [0.2, 0.25) is 0 Å². The second kappa shape index (κ2) is 7.03. The lowest BCUT2D eigenvalue weighted by Crippen LogP contribution is -1.76. The lowest BCUT2D eigenvalue weighted by Gasteiger charge is -1.65. The molecule has 0 heterocycles. The van der Waals surface area contributed by atoms with Gasteiger partial charge in [0.15, 0.2) is 0 Å². The minimum absolute atomic E-state index is 0. The van der Waals surface area contributed by atoms with Crippen LogP contribution >= 0.6 is 10.7 Å². The molecule has 0 aromatic carbocycles. The molecule has 0 amide bonds. The highest BCUT2D eigenvalue weighted by molar-refractivity contribution is 8.13. The third-order valence-electron chi connectivity index (χ3n) is 0. The minimum atomic E-state index is -3.19. The highest BCUT2D eigenvalue weighted by atomic mass is 35.7. The first-order valence-corrected chi connectivity index (χ1v) is 3.61. The fourth-order valence-electron chi connectivity index (χ4n) is 0. The van der Waals surface area contributed by atoms with Crippen molar-refractivity contribution in [1.82, 2.24) is 0 Å². The summed E-state index contributed by atoms with van der Waals surface area (Å²) in [7, 11) is 1.31. The van der Waals surface area contributed by atoms with E-state index in [-0.39, 0.29) is 14.1 Å². The van der Waals surface area contributed by atoms with Crippen molar-refractivity contribution < 1.29 is 22.5 Å². The van der Waals surface area contributed by atoms with Gasteiger partial charge in [-0.1, -0.05) is 0 Å². The average molecular weight is 175 g/mol. The number of hydrogen-bond donors (Lipinski definition) is 0. The van der Waals surface area contributed by atoms with E-state index in [4.69, 9.17) is 0 Å². The molecule has 0 bridgehead atoms. The molecule has 0 saturated carbocycles. The largest absolute Gasteiger partial charge is 0.269 e. The van der Waals surface area contributed by atoms with Gasteiger partial charge in [0.1, 0.15) is 0 Å². The maximum Gasteiger partial charge on any atom is 0.229 e. The van der Waals surface area contributed by atoms with E-state index in [1.54, 1.807) is 0 Å². The van der Waals surface area contributed by atoms with Gasteiger partial charge in [-0.25, -0.2) is 8.42 Å². The van der Waals surface area contributed by atoms with Crippen LogP contribution in [0.3, 0.4) is 0 Å². The van der Waals surface area contributed by atoms with E-state index in [1.807, 2.05) is 0 Å². The topological polar surface area (TPSA) is 34.1 Å². The summed E-state index contributed by atoms with van der Waals surface area (Å²) in [6, 6.07) is 0. The Morgan fingerprint density at radius 1 is 1.12 bits per heavy atom. The summed E-state index contributed by atoms with van der Waals surface area (Å²) in [6.45, 7) is 0. The number of halogens is 4. The van der Waals surface area contributed by atoms with Gasteiger partial charge in [0.05, 0.1) is 6.26 Å². The minimum Gasteiger partial charge on any atom is -0.269 e. The van der Waals surface area contributed by atoms with Crippen LogP contribution in [0.25, 0.3) is 0 Å². The van der Waals surface area contributed by atoms with Crippen molar-refractivity contribution in [3.8, 4) is 0 Å². The molecule has 0 unspecified atom stereocenters. The number of rotatable bonds is 0. The van der Waals surface area contributed by atoms with Crippen LogP contribution in [0.5, 0.6) is 0 Å². The van der Waals surface area contributed by atoms with E-state index < -0.39 is 9.05 Å². The Labute approximate surface area is 49.4 Å². The van der Waals surface area contributed by atoms with Crippen LogP contribution < -0.4 is 0 Å². The summed E-state index contributed by atoms with van der Waals surface area (Å²) in [5, 5.41) is 0. The molecule has 0 radical (unpaired) electrons. The Hall–Kier alpha value is 0.0300. The first-order valence-electron chi connectivity index (χ1n) is 0.896.